The van der Waals surface area contributed by atoms with Crippen molar-refractivity contribution < 1.29 is 14.3 Å². The topological polar surface area (TPSA) is 47.6 Å². The molecule has 28 heavy (non-hydrogen) atoms. The van der Waals surface area contributed by atoms with Crippen LogP contribution in [0, 0.1) is 0 Å². The van der Waals surface area contributed by atoms with Crippen molar-refractivity contribution in [3.63, 3.8) is 0 Å². The summed E-state index contributed by atoms with van der Waals surface area (Å²) in [6.07, 6.45) is 0.288. The minimum atomic E-state index is -0.0375. The summed E-state index contributed by atoms with van der Waals surface area (Å²) in [7, 11) is 1.61. The summed E-state index contributed by atoms with van der Waals surface area (Å²) in [6, 6.07) is 25.7. The van der Waals surface area contributed by atoms with E-state index in [9.17, 15) is 4.79 Å². The third kappa shape index (κ3) is 5.69. The minimum absolute atomic E-state index is 0.0375. The van der Waals surface area contributed by atoms with Gasteiger partial charge in [-0.2, -0.15) is 0 Å². The first-order chi connectivity index (χ1) is 13.8. The average Bonchev–Trinajstić information content (AvgIpc) is 2.74. The quantitative estimate of drug-likeness (QED) is 0.608. The van der Waals surface area contributed by atoms with Crippen molar-refractivity contribution in [2.45, 2.75) is 26.2 Å². The van der Waals surface area contributed by atoms with Crippen LogP contribution in [0.5, 0.6) is 5.75 Å². The Morgan fingerprint density at radius 3 is 2.18 bits per heavy atom. The highest BCUT2D eigenvalue weighted by atomic mass is 16.5. The molecule has 0 heterocycles. The predicted octanol–water partition coefficient (Wildman–Crippen LogP) is 4.27. The van der Waals surface area contributed by atoms with Crippen molar-refractivity contribution in [1.82, 2.24) is 5.32 Å². The smallest absolute Gasteiger partial charge is 0.224 e. The van der Waals surface area contributed by atoms with Gasteiger partial charge in [0.2, 0.25) is 5.91 Å². The molecular weight excluding hydrogens is 350 g/mol. The number of hydrogen-bond acceptors (Lipinski definition) is 3. The van der Waals surface area contributed by atoms with E-state index in [4.69, 9.17) is 9.47 Å². The van der Waals surface area contributed by atoms with Crippen LogP contribution in [-0.2, 0) is 35.7 Å². The molecule has 1 N–H and O–H groups in total. The van der Waals surface area contributed by atoms with E-state index in [2.05, 4.69) is 5.32 Å². The van der Waals surface area contributed by atoms with Gasteiger partial charge in [0.05, 0.1) is 26.7 Å². The van der Waals surface area contributed by atoms with Crippen LogP contribution in [0.1, 0.15) is 22.3 Å². The molecule has 0 saturated heterocycles. The maximum Gasteiger partial charge on any atom is 0.224 e. The zero-order chi connectivity index (χ0) is 19.6. The van der Waals surface area contributed by atoms with Gasteiger partial charge in [-0.3, -0.25) is 4.79 Å². The van der Waals surface area contributed by atoms with Crippen molar-refractivity contribution in [2.24, 2.45) is 0 Å². The van der Waals surface area contributed by atoms with Crippen molar-refractivity contribution in [3.05, 3.63) is 101 Å². The standard InChI is InChI=1S/C24H25NO3/c1-27-23-14-8-7-11-20(23)15-24(26)25-16-21-12-5-6-13-22(21)18-28-17-19-9-3-2-4-10-19/h2-14H,15-18H2,1H3,(H,25,26). The molecule has 4 heteroatoms. The van der Waals surface area contributed by atoms with Crippen LogP contribution < -0.4 is 10.1 Å². The van der Waals surface area contributed by atoms with E-state index in [1.54, 1.807) is 7.11 Å². The van der Waals surface area contributed by atoms with E-state index in [1.807, 2.05) is 78.9 Å². The van der Waals surface area contributed by atoms with Gasteiger partial charge in [-0.1, -0.05) is 72.8 Å². The molecule has 4 nitrogen and oxygen atoms in total. The number of ether oxygens (including phenoxy) is 2. The Kier molecular flexibility index (Phi) is 7.21. The van der Waals surface area contributed by atoms with Gasteiger partial charge in [-0.25, -0.2) is 0 Å². The second kappa shape index (κ2) is 10.3. The molecule has 0 aliphatic rings. The molecule has 3 rings (SSSR count). The lowest BCUT2D eigenvalue weighted by Gasteiger charge is -2.12. The Labute approximate surface area is 166 Å². The first kappa shape index (κ1) is 19.6. The number of para-hydroxylation sites is 1. The van der Waals surface area contributed by atoms with Crippen LogP contribution >= 0.6 is 0 Å². The van der Waals surface area contributed by atoms with E-state index in [1.165, 1.54) is 0 Å². The Balaban J connectivity index is 1.53. The highest BCUT2D eigenvalue weighted by Gasteiger charge is 2.09. The molecule has 3 aromatic carbocycles. The molecule has 0 bridgehead atoms. The number of nitrogens with one attached hydrogen (secondary N) is 1. The monoisotopic (exact) mass is 375 g/mol. The second-order valence-electron chi connectivity index (χ2n) is 6.51. The molecule has 0 aliphatic carbocycles. The molecular formula is C24H25NO3. The number of benzene rings is 3. The average molecular weight is 375 g/mol. The molecule has 0 aliphatic heterocycles. The Bertz CT molecular complexity index is 893. The third-order valence-corrected chi connectivity index (χ3v) is 4.51. The number of carbonyl (C=O) groups is 1. The third-order valence-electron chi connectivity index (χ3n) is 4.51. The zero-order valence-electron chi connectivity index (χ0n) is 16.1. The first-order valence-corrected chi connectivity index (χ1v) is 9.33. The van der Waals surface area contributed by atoms with E-state index < -0.39 is 0 Å². The molecule has 0 saturated carbocycles. The maximum absolute atomic E-state index is 12.4. The van der Waals surface area contributed by atoms with Crippen LogP contribution in [0.2, 0.25) is 0 Å². The fourth-order valence-electron chi connectivity index (χ4n) is 3.00. The van der Waals surface area contributed by atoms with Gasteiger partial charge in [0.1, 0.15) is 5.75 Å². The van der Waals surface area contributed by atoms with Gasteiger partial charge < -0.3 is 14.8 Å². The molecule has 0 aromatic heterocycles. The van der Waals surface area contributed by atoms with Crippen LogP contribution in [0.3, 0.4) is 0 Å². The zero-order valence-corrected chi connectivity index (χ0v) is 16.1. The van der Waals surface area contributed by atoms with Gasteiger partial charge in [-0.15, -0.1) is 0 Å². The van der Waals surface area contributed by atoms with Gasteiger partial charge in [-0.05, 0) is 22.8 Å². The number of methoxy groups -OCH3 is 1. The van der Waals surface area contributed by atoms with E-state index >= 15 is 0 Å². The SMILES string of the molecule is COc1ccccc1CC(=O)NCc1ccccc1COCc1ccccc1. The predicted molar refractivity (Wildman–Crippen MR) is 110 cm³/mol. The lowest BCUT2D eigenvalue weighted by atomic mass is 10.1. The normalized spacial score (nSPS) is 10.5. The Morgan fingerprint density at radius 1 is 0.786 bits per heavy atom. The van der Waals surface area contributed by atoms with Crippen LogP contribution in [-0.4, -0.2) is 13.0 Å². The van der Waals surface area contributed by atoms with Gasteiger partial charge in [0, 0.05) is 12.1 Å². The Hall–Kier alpha value is -3.11. The summed E-state index contributed by atoms with van der Waals surface area (Å²) in [5.41, 5.74) is 4.16. The lowest BCUT2D eigenvalue weighted by molar-refractivity contribution is -0.120. The highest BCUT2D eigenvalue weighted by molar-refractivity contribution is 5.79. The van der Waals surface area contributed by atoms with E-state index in [-0.39, 0.29) is 12.3 Å². The largest absolute Gasteiger partial charge is 0.496 e. The summed E-state index contributed by atoms with van der Waals surface area (Å²) >= 11 is 0. The fraction of sp³-hybridized carbons (Fsp3) is 0.208. The summed E-state index contributed by atoms with van der Waals surface area (Å²) in [5, 5.41) is 3.00. The van der Waals surface area contributed by atoms with Crippen LogP contribution in [0.4, 0.5) is 0 Å². The number of hydrogen-bond donors (Lipinski definition) is 1. The molecule has 0 unspecified atom stereocenters. The number of amides is 1. The number of carbonyl (C=O) groups excluding carboxylic acids is 1. The van der Waals surface area contributed by atoms with E-state index in [0.29, 0.717) is 19.8 Å². The van der Waals surface area contributed by atoms with Crippen LogP contribution in [0.25, 0.3) is 0 Å². The summed E-state index contributed by atoms with van der Waals surface area (Å²) in [5.74, 6) is 0.692. The van der Waals surface area contributed by atoms with Crippen molar-refractivity contribution in [3.8, 4) is 5.75 Å². The minimum Gasteiger partial charge on any atom is -0.496 e. The Morgan fingerprint density at radius 2 is 1.43 bits per heavy atom. The lowest BCUT2D eigenvalue weighted by Crippen LogP contribution is -2.25. The van der Waals surface area contributed by atoms with Crippen molar-refractivity contribution in [1.29, 1.82) is 0 Å². The molecule has 0 radical (unpaired) electrons. The maximum atomic E-state index is 12.4. The molecule has 0 fully saturated rings. The van der Waals surface area contributed by atoms with Gasteiger partial charge in [0.15, 0.2) is 0 Å². The molecule has 0 atom stereocenters. The summed E-state index contributed by atoms with van der Waals surface area (Å²) < 4.78 is 11.2. The molecule has 3 aromatic rings. The second-order valence-corrected chi connectivity index (χ2v) is 6.51. The van der Waals surface area contributed by atoms with Gasteiger partial charge in [0.25, 0.3) is 0 Å². The van der Waals surface area contributed by atoms with Crippen LogP contribution in [0.15, 0.2) is 78.9 Å². The van der Waals surface area contributed by atoms with Gasteiger partial charge >= 0.3 is 0 Å². The number of rotatable bonds is 9. The molecule has 144 valence electrons. The fourth-order valence-corrected chi connectivity index (χ4v) is 3.00. The van der Waals surface area contributed by atoms with Crippen molar-refractivity contribution in [2.75, 3.05) is 7.11 Å². The summed E-state index contributed by atoms with van der Waals surface area (Å²) in [4.78, 5) is 12.4. The van der Waals surface area contributed by atoms with E-state index in [0.717, 1.165) is 28.0 Å². The first-order valence-electron chi connectivity index (χ1n) is 9.33. The molecule has 0 spiro atoms. The summed E-state index contributed by atoms with van der Waals surface area (Å²) in [6.45, 7) is 1.54. The van der Waals surface area contributed by atoms with Crippen molar-refractivity contribution >= 4 is 5.91 Å². The molecule has 1 amide bonds. The highest BCUT2D eigenvalue weighted by Crippen LogP contribution is 2.18.